The largest absolute Gasteiger partial charge is 0.480 e. The molecule has 0 fully saturated rings. The van der Waals surface area contributed by atoms with Crippen LogP contribution in [0.15, 0.2) is 10.3 Å². The molecular formula is C9H11Cl2NO4S2. The van der Waals surface area contributed by atoms with Gasteiger partial charge in [-0.2, -0.15) is 4.31 Å². The molecule has 0 atom stereocenters. The van der Waals surface area contributed by atoms with E-state index in [2.05, 4.69) is 0 Å². The van der Waals surface area contributed by atoms with Crippen molar-refractivity contribution in [2.75, 3.05) is 7.05 Å². The predicted octanol–water partition coefficient (Wildman–Crippen LogP) is 2.54. The molecule has 0 saturated carbocycles. The third-order valence-corrected chi connectivity index (χ3v) is 6.89. The van der Waals surface area contributed by atoms with Gasteiger partial charge in [0, 0.05) is 7.05 Å². The number of nitrogens with zero attached hydrogens (tertiary/aromatic N) is 1. The first kappa shape index (κ1) is 15.7. The minimum atomic E-state index is -3.94. The second-order valence-corrected chi connectivity index (χ2v) is 8.28. The van der Waals surface area contributed by atoms with E-state index in [1.165, 1.54) is 27.0 Å². The maximum atomic E-state index is 12.2. The maximum Gasteiger partial charge on any atom is 0.324 e. The van der Waals surface area contributed by atoms with Gasteiger partial charge in [-0.15, -0.1) is 11.3 Å². The fraction of sp³-hybridized carbons (Fsp3) is 0.444. The average molecular weight is 332 g/mol. The van der Waals surface area contributed by atoms with E-state index in [1.54, 1.807) is 0 Å². The number of hydrogen-bond donors (Lipinski definition) is 1. The number of carbonyl (C=O) groups is 1. The molecule has 1 aromatic heterocycles. The molecule has 0 aliphatic rings. The maximum absolute atomic E-state index is 12.2. The van der Waals surface area contributed by atoms with E-state index in [0.717, 1.165) is 15.6 Å². The zero-order chi connectivity index (χ0) is 14.3. The summed E-state index contributed by atoms with van der Waals surface area (Å²) in [4.78, 5) is 11.1. The molecule has 0 aromatic carbocycles. The molecule has 1 rings (SSSR count). The Morgan fingerprint density at radius 2 is 1.94 bits per heavy atom. The number of sulfonamides is 1. The number of hydrogen-bond acceptors (Lipinski definition) is 4. The van der Waals surface area contributed by atoms with Gasteiger partial charge < -0.3 is 5.11 Å². The first-order valence-corrected chi connectivity index (χ1v) is 7.69. The van der Waals surface area contributed by atoms with E-state index in [9.17, 15) is 13.2 Å². The van der Waals surface area contributed by atoms with Crippen LogP contribution >= 0.6 is 34.5 Å². The molecule has 1 aromatic rings. The molecule has 0 unspecified atom stereocenters. The number of halogens is 2. The minimum Gasteiger partial charge on any atom is -0.480 e. The lowest BCUT2D eigenvalue weighted by Crippen LogP contribution is -2.50. The van der Waals surface area contributed by atoms with E-state index in [-0.39, 0.29) is 13.6 Å². The molecule has 1 heterocycles. The van der Waals surface area contributed by atoms with E-state index in [1.807, 2.05) is 0 Å². The first-order valence-electron chi connectivity index (χ1n) is 4.68. The topological polar surface area (TPSA) is 74.7 Å². The van der Waals surface area contributed by atoms with Crippen molar-refractivity contribution in [3.63, 3.8) is 0 Å². The summed E-state index contributed by atoms with van der Waals surface area (Å²) < 4.78 is 25.2. The molecule has 0 aliphatic carbocycles. The number of aliphatic carboxylic acids is 1. The quantitative estimate of drug-likeness (QED) is 0.919. The highest BCUT2D eigenvalue weighted by atomic mass is 35.5. The summed E-state index contributed by atoms with van der Waals surface area (Å²) in [5.74, 6) is -1.25. The van der Waals surface area contributed by atoms with Gasteiger partial charge in [-0.25, -0.2) is 8.42 Å². The number of carboxylic acid groups (broad SMARTS) is 1. The van der Waals surface area contributed by atoms with Crippen molar-refractivity contribution in [3.05, 3.63) is 15.4 Å². The Hall–Kier alpha value is -0.340. The van der Waals surface area contributed by atoms with Crippen molar-refractivity contribution in [2.45, 2.75) is 23.6 Å². The van der Waals surface area contributed by atoms with Crippen LogP contribution in [0.5, 0.6) is 0 Å². The fourth-order valence-electron chi connectivity index (χ4n) is 1.02. The second-order valence-electron chi connectivity index (χ2n) is 4.02. The Morgan fingerprint density at radius 3 is 2.28 bits per heavy atom. The van der Waals surface area contributed by atoms with Gasteiger partial charge in [0.25, 0.3) is 10.0 Å². The van der Waals surface area contributed by atoms with Gasteiger partial charge in [0.15, 0.2) is 0 Å². The number of likely N-dealkylation sites (N-methyl/N-ethyl adjacent to an activating group) is 1. The van der Waals surface area contributed by atoms with Crippen molar-refractivity contribution in [1.29, 1.82) is 0 Å². The van der Waals surface area contributed by atoms with Gasteiger partial charge in [0.2, 0.25) is 0 Å². The van der Waals surface area contributed by atoms with Crippen molar-refractivity contribution in [1.82, 2.24) is 4.31 Å². The Balaban J connectivity index is 3.27. The normalized spacial score (nSPS) is 13.0. The smallest absolute Gasteiger partial charge is 0.324 e. The third-order valence-electron chi connectivity index (χ3n) is 2.55. The van der Waals surface area contributed by atoms with Crippen LogP contribution < -0.4 is 0 Å². The Morgan fingerprint density at radius 1 is 1.44 bits per heavy atom. The van der Waals surface area contributed by atoms with Crippen LogP contribution in [0.2, 0.25) is 9.36 Å². The van der Waals surface area contributed by atoms with Crippen molar-refractivity contribution in [2.24, 2.45) is 0 Å². The van der Waals surface area contributed by atoms with Crippen LogP contribution in [0, 0.1) is 0 Å². The summed E-state index contributed by atoms with van der Waals surface area (Å²) in [6.07, 6.45) is 0. The van der Waals surface area contributed by atoms with E-state index in [4.69, 9.17) is 28.3 Å². The van der Waals surface area contributed by atoms with Crippen LogP contribution in [0.25, 0.3) is 0 Å². The lowest BCUT2D eigenvalue weighted by molar-refractivity contribution is -0.145. The minimum absolute atomic E-state index is 0.0886. The highest BCUT2D eigenvalue weighted by Crippen LogP contribution is 2.36. The Labute approximate surface area is 119 Å². The summed E-state index contributed by atoms with van der Waals surface area (Å²) in [7, 11) is -2.74. The summed E-state index contributed by atoms with van der Waals surface area (Å²) >= 11 is 12.2. The van der Waals surface area contributed by atoms with Crippen molar-refractivity contribution >= 4 is 50.5 Å². The van der Waals surface area contributed by atoms with Crippen LogP contribution in [-0.4, -0.2) is 36.4 Å². The molecule has 18 heavy (non-hydrogen) atoms. The SMILES string of the molecule is CN(C(C)(C)C(=O)O)S(=O)(=O)c1cc(Cl)c(Cl)s1. The zero-order valence-electron chi connectivity index (χ0n) is 9.77. The molecule has 0 aliphatic heterocycles. The summed E-state index contributed by atoms with van der Waals surface area (Å²) in [5, 5.41) is 9.15. The third kappa shape index (κ3) is 2.65. The van der Waals surface area contributed by atoms with Gasteiger partial charge in [0.05, 0.1) is 5.02 Å². The zero-order valence-corrected chi connectivity index (χ0v) is 12.9. The van der Waals surface area contributed by atoms with E-state index < -0.39 is 21.5 Å². The number of thiophene rings is 1. The average Bonchev–Trinajstić information content (AvgIpc) is 2.58. The lowest BCUT2D eigenvalue weighted by atomic mass is 10.1. The highest BCUT2D eigenvalue weighted by molar-refractivity contribution is 7.91. The molecule has 0 bridgehead atoms. The van der Waals surface area contributed by atoms with Crippen molar-refractivity contribution < 1.29 is 18.3 Å². The standard InChI is InChI=1S/C9H11Cl2NO4S2/c1-9(2,8(13)14)12(3)18(15,16)6-4-5(10)7(11)17-6/h4H,1-3H3,(H,13,14). The predicted molar refractivity (Wildman–Crippen MR) is 71.0 cm³/mol. The number of carboxylic acids is 1. The van der Waals surface area contributed by atoms with E-state index in [0.29, 0.717) is 0 Å². The van der Waals surface area contributed by atoms with E-state index >= 15 is 0 Å². The monoisotopic (exact) mass is 331 g/mol. The second kappa shape index (κ2) is 4.97. The molecule has 102 valence electrons. The summed E-state index contributed by atoms with van der Waals surface area (Å²) in [6, 6.07) is 1.21. The molecule has 1 N–H and O–H groups in total. The van der Waals surface area contributed by atoms with Gasteiger partial charge in [-0.1, -0.05) is 23.2 Å². The first-order chi connectivity index (χ1) is 8.01. The van der Waals surface area contributed by atoms with Crippen molar-refractivity contribution in [3.8, 4) is 0 Å². The van der Waals surface area contributed by atoms with Crippen LogP contribution in [-0.2, 0) is 14.8 Å². The van der Waals surface area contributed by atoms with Gasteiger partial charge in [-0.05, 0) is 19.9 Å². The summed E-state index contributed by atoms with van der Waals surface area (Å²) in [5.41, 5.74) is -1.57. The lowest BCUT2D eigenvalue weighted by Gasteiger charge is -2.29. The molecular weight excluding hydrogens is 321 g/mol. The Bertz CT molecular complexity index is 560. The van der Waals surface area contributed by atoms with Crippen LogP contribution in [0.1, 0.15) is 13.8 Å². The highest BCUT2D eigenvalue weighted by Gasteiger charge is 2.40. The van der Waals surface area contributed by atoms with Crippen LogP contribution in [0.4, 0.5) is 0 Å². The fourth-order valence-corrected chi connectivity index (χ4v) is 4.55. The van der Waals surface area contributed by atoms with Gasteiger partial charge in [-0.3, -0.25) is 4.79 Å². The molecule has 5 nitrogen and oxygen atoms in total. The molecule has 9 heteroatoms. The van der Waals surface area contributed by atoms with Gasteiger partial charge >= 0.3 is 5.97 Å². The Kier molecular flexibility index (Phi) is 4.34. The molecule has 0 radical (unpaired) electrons. The molecule has 0 amide bonds. The summed E-state index contributed by atoms with van der Waals surface area (Å²) in [6.45, 7) is 2.59. The molecule has 0 spiro atoms. The van der Waals surface area contributed by atoms with Crippen LogP contribution in [0.3, 0.4) is 0 Å². The molecule has 0 saturated heterocycles. The number of rotatable bonds is 4. The van der Waals surface area contributed by atoms with Gasteiger partial charge in [0.1, 0.15) is 14.1 Å².